The molecule has 5 heterocycles. The summed E-state index contributed by atoms with van der Waals surface area (Å²) < 4.78 is 7.26. The van der Waals surface area contributed by atoms with E-state index in [0.717, 1.165) is 25.3 Å². The minimum Gasteiger partial charge on any atom is -0.477 e. The first kappa shape index (κ1) is 22.0. The van der Waals surface area contributed by atoms with Gasteiger partial charge in [0.05, 0.1) is 24.1 Å². The summed E-state index contributed by atoms with van der Waals surface area (Å²) in [5.74, 6) is -0.549. The van der Waals surface area contributed by atoms with Gasteiger partial charge in [-0.15, -0.1) is 11.3 Å². The Morgan fingerprint density at radius 1 is 1.39 bits per heavy atom. The van der Waals surface area contributed by atoms with Gasteiger partial charge in [0.25, 0.3) is 0 Å². The number of carboxylic acid groups (broad SMARTS) is 1. The van der Waals surface area contributed by atoms with Crippen molar-refractivity contribution in [2.45, 2.75) is 38.3 Å². The zero-order valence-electron chi connectivity index (χ0n) is 18.2. The number of aromatic nitrogens is 3. The van der Waals surface area contributed by atoms with Crippen LogP contribution in [0.4, 0.5) is 5.82 Å². The van der Waals surface area contributed by atoms with Crippen molar-refractivity contribution in [2.24, 2.45) is 0 Å². The van der Waals surface area contributed by atoms with E-state index in [1.807, 2.05) is 6.07 Å². The lowest BCUT2D eigenvalue weighted by Crippen LogP contribution is -2.58. The van der Waals surface area contributed by atoms with Gasteiger partial charge in [-0.05, 0) is 37.8 Å². The number of carboxylic acids is 1. The monoisotopic (exact) mass is 471 g/mol. The van der Waals surface area contributed by atoms with Gasteiger partial charge in [0.1, 0.15) is 11.4 Å². The number of hydroxylamine groups is 1. The molecule has 3 aromatic heterocycles. The van der Waals surface area contributed by atoms with Gasteiger partial charge in [0.15, 0.2) is 10.8 Å². The number of fused-ring (bicyclic) bond motifs is 1. The number of pyridine rings is 2. The number of hydrogen-bond acceptors (Lipinski definition) is 9. The highest BCUT2D eigenvalue weighted by Crippen LogP contribution is 2.26. The molecule has 2 aliphatic heterocycles. The van der Waals surface area contributed by atoms with Gasteiger partial charge in [-0.2, -0.15) is 5.48 Å². The van der Waals surface area contributed by atoms with E-state index in [1.54, 1.807) is 23.1 Å². The number of nitrogens with zero attached hydrogens (tertiary/aromatic N) is 4. The third-order valence-electron chi connectivity index (χ3n) is 6.00. The first-order valence-electron chi connectivity index (χ1n) is 11.0. The van der Waals surface area contributed by atoms with Crippen molar-refractivity contribution in [2.75, 3.05) is 31.2 Å². The highest BCUT2D eigenvalue weighted by molar-refractivity contribution is 7.12. The summed E-state index contributed by atoms with van der Waals surface area (Å²) in [5, 5.41) is 12.2. The molecule has 0 bridgehead atoms. The molecular formula is C22H25N5O5S. The van der Waals surface area contributed by atoms with Crippen LogP contribution in [0.5, 0.6) is 0 Å². The van der Waals surface area contributed by atoms with Crippen LogP contribution in [-0.2, 0) is 9.57 Å². The molecule has 0 saturated carbocycles. The van der Waals surface area contributed by atoms with Crippen LogP contribution in [-0.4, -0.2) is 64.1 Å². The van der Waals surface area contributed by atoms with Gasteiger partial charge in [-0.1, -0.05) is 0 Å². The molecule has 2 saturated heterocycles. The van der Waals surface area contributed by atoms with E-state index in [9.17, 15) is 14.7 Å². The quantitative estimate of drug-likeness (QED) is 0.500. The van der Waals surface area contributed by atoms with Gasteiger partial charge in [-0.3, -0.25) is 14.2 Å². The minimum atomic E-state index is -1.27. The second-order valence-electron chi connectivity index (χ2n) is 8.38. The van der Waals surface area contributed by atoms with Gasteiger partial charge < -0.3 is 14.7 Å². The molecule has 174 valence electrons. The number of nitrogens with one attached hydrogen (secondary N) is 1. The molecule has 0 spiro atoms. The third kappa shape index (κ3) is 4.36. The molecule has 11 heteroatoms. The highest BCUT2D eigenvalue weighted by Gasteiger charge is 2.30. The van der Waals surface area contributed by atoms with Crippen molar-refractivity contribution in [3.8, 4) is 5.13 Å². The van der Waals surface area contributed by atoms with Crippen LogP contribution in [0.2, 0.25) is 0 Å². The largest absolute Gasteiger partial charge is 0.477 e. The predicted octanol–water partition coefficient (Wildman–Crippen LogP) is 2.13. The topological polar surface area (TPSA) is 119 Å². The molecule has 2 aliphatic rings. The van der Waals surface area contributed by atoms with Crippen molar-refractivity contribution in [3.05, 3.63) is 45.2 Å². The molecule has 33 heavy (non-hydrogen) atoms. The van der Waals surface area contributed by atoms with Gasteiger partial charge >= 0.3 is 5.97 Å². The maximum Gasteiger partial charge on any atom is 0.341 e. The summed E-state index contributed by atoms with van der Waals surface area (Å²) in [4.78, 5) is 41.3. The van der Waals surface area contributed by atoms with Crippen molar-refractivity contribution >= 4 is 34.2 Å². The molecule has 5 rings (SSSR count). The Hall–Kier alpha value is -2.86. The molecule has 0 unspecified atom stereocenters. The summed E-state index contributed by atoms with van der Waals surface area (Å²) in [7, 11) is 0. The molecule has 1 atom stereocenters. The van der Waals surface area contributed by atoms with Crippen molar-refractivity contribution in [1.29, 1.82) is 0 Å². The zero-order valence-corrected chi connectivity index (χ0v) is 19.0. The maximum atomic E-state index is 12.9. The van der Waals surface area contributed by atoms with E-state index in [1.165, 1.54) is 24.0 Å². The Morgan fingerprint density at radius 2 is 2.24 bits per heavy atom. The van der Waals surface area contributed by atoms with Crippen molar-refractivity contribution in [1.82, 2.24) is 20.0 Å². The third-order valence-corrected chi connectivity index (χ3v) is 6.77. The minimum absolute atomic E-state index is 0.158. The fraction of sp³-hybridized carbons (Fsp3) is 0.455. The van der Waals surface area contributed by atoms with Crippen LogP contribution in [0.3, 0.4) is 0 Å². The summed E-state index contributed by atoms with van der Waals surface area (Å²) >= 11 is 1.34. The number of thiazole rings is 1. The fourth-order valence-electron chi connectivity index (χ4n) is 4.21. The van der Waals surface area contributed by atoms with Crippen LogP contribution >= 0.6 is 11.3 Å². The first-order valence-corrected chi connectivity index (χ1v) is 11.8. The number of hydrogen-bond donors (Lipinski definition) is 2. The second kappa shape index (κ2) is 9.18. The summed E-state index contributed by atoms with van der Waals surface area (Å²) in [6.07, 6.45) is 6.43. The number of ether oxygens (including phenoxy) is 1. The van der Waals surface area contributed by atoms with E-state index < -0.39 is 11.4 Å². The Morgan fingerprint density at radius 3 is 2.94 bits per heavy atom. The lowest BCUT2D eigenvalue weighted by molar-refractivity contribution is -0.0799. The predicted molar refractivity (Wildman–Crippen MR) is 123 cm³/mol. The average molecular weight is 472 g/mol. The second-order valence-corrected chi connectivity index (χ2v) is 9.25. The number of carbonyl (C=O) groups is 1. The molecule has 2 fully saturated rings. The molecule has 0 aromatic carbocycles. The van der Waals surface area contributed by atoms with Crippen LogP contribution in [0.1, 0.15) is 35.2 Å². The Balaban J connectivity index is 1.36. The molecule has 10 nitrogen and oxygen atoms in total. The smallest absolute Gasteiger partial charge is 0.341 e. The fourth-order valence-corrected chi connectivity index (χ4v) is 4.83. The standard InChI is InChI=1S/C22H25N5O5S/c1-13-8-17(26-9-14(10-26)25-32-12-15-4-2-3-6-31-15)24-20-18(13)19(28)16(21(29)30)11-27(20)22-23-5-7-33-22/h5,7-8,11,14-15,25H,2-4,6,9-10,12H2,1H3,(H,29,30)/t15-/m1/s1. The van der Waals surface area contributed by atoms with Crippen molar-refractivity contribution < 1.29 is 19.5 Å². The summed E-state index contributed by atoms with van der Waals surface area (Å²) in [6.45, 7) is 4.56. The van der Waals surface area contributed by atoms with Gasteiger partial charge in [-0.25, -0.2) is 14.8 Å². The van der Waals surface area contributed by atoms with Crippen LogP contribution in [0, 0.1) is 6.92 Å². The summed E-state index contributed by atoms with van der Waals surface area (Å²) in [6, 6.07) is 2.00. The lowest BCUT2D eigenvalue weighted by atomic mass is 10.1. The number of aromatic carboxylic acids is 1. The van der Waals surface area contributed by atoms with Crippen LogP contribution in [0.25, 0.3) is 16.2 Å². The summed E-state index contributed by atoms with van der Waals surface area (Å²) in [5.41, 5.74) is 3.34. The lowest BCUT2D eigenvalue weighted by Gasteiger charge is -2.40. The SMILES string of the molecule is Cc1cc(N2CC(NOC[C@H]3CCCCO3)C2)nc2c1c(=O)c(C(=O)O)cn2-c1nccs1. The normalized spacial score (nSPS) is 19.1. The molecule has 0 aliphatic carbocycles. The van der Waals surface area contributed by atoms with Crippen molar-refractivity contribution in [3.63, 3.8) is 0 Å². The number of anilines is 1. The van der Waals surface area contributed by atoms with E-state index in [-0.39, 0.29) is 17.7 Å². The number of aryl methyl sites for hydroxylation is 1. The molecule has 2 N–H and O–H groups in total. The Kier molecular flexibility index (Phi) is 6.11. The highest BCUT2D eigenvalue weighted by atomic mass is 32.1. The van der Waals surface area contributed by atoms with E-state index in [0.29, 0.717) is 41.4 Å². The van der Waals surface area contributed by atoms with E-state index in [4.69, 9.17) is 14.6 Å². The van der Waals surface area contributed by atoms with Crippen LogP contribution in [0.15, 0.2) is 28.6 Å². The first-order chi connectivity index (χ1) is 16.0. The maximum absolute atomic E-state index is 12.9. The van der Waals surface area contributed by atoms with Gasteiger partial charge in [0.2, 0.25) is 5.43 Å². The van der Waals surface area contributed by atoms with E-state index >= 15 is 0 Å². The Bertz CT molecular complexity index is 1220. The molecule has 3 aromatic rings. The van der Waals surface area contributed by atoms with E-state index in [2.05, 4.69) is 15.4 Å². The molecule has 0 radical (unpaired) electrons. The average Bonchev–Trinajstić information content (AvgIpc) is 3.30. The number of rotatable bonds is 7. The Labute approximate surface area is 193 Å². The van der Waals surface area contributed by atoms with Crippen LogP contribution < -0.4 is 15.8 Å². The zero-order chi connectivity index (χ0) is 22.9. The molecule has 0 amide bonds. The molecular weight excluding hydrogens is 446 g/mol. The van der Waals surface area contributed by atoms with Gasteiger partial charge in [0, 0.05) is 37.5 Å².